The summed E-state index contributed by atoms with van der Waals surface area (Å²) in [5, 5.41) is 2.72. The summed E-state index contributed by atoms with van der Waals surface area (Å²) >= 11 is 0. The van der Waals surface area contributed by atoms with Crippen LogP contribution in [0, 0.1) is 0 Å². The van der Waals surface area contributed by atoms with Crippen LogP contribution in [0.3, 0.4) is 0 Å². The van der Waals surface area contributed by atoms with Crippen LogP contribution < -0.4 is 5.32 Å². The van der Waals surface area contributed by atoms with Gasteiger partial charge in [0.2, 0.25) is 5.91 Å². The fourth-order valence-corrected chi connectivity index (χ4v) is 3.76. The molecule has 0 bridgehead atoms. The number of likely N-dealkylation sites (N-methyl/N-ethyl adjacent to an activating group) is 1. The van der Waals surface area contributed by atoms with Crippen LogP contribution in [0.4, 0.5) is 5.69 Å². The molecular weight excluding hydrogens is 390 g/mol. The number of hydrogen-bond donors (Lipinski definition) is 1. The summed E-state index contributed by atoms with van der Waals surface area (Å²) in [6.07, 6.45) is 2.77. The SMILES string of the molecule is CCCCCN1C(=O)C(c2ccc(NC(C)=O)cc2)=C(N(C)Cc2ccccc2)C1=O. The van der Waals surface area contributed by atoms with Crippen molar-refractivity contribution in [3.63, 3.8) is 0 Å². The van der Waals surface area contributed by atoms with Gasteiger partial charge in [-0.05, 0) is 29.7 Å². The molecule has 1 aliphatic rings. The van der Waals surface area contributed by atoms with E-state index in [2.05, 4.69) is 12.2 Å². The highest BCUT2D eigenvalue weighted by molar-refractivity contribution is 6.35. The lowest BCUT2D eigenvalue weighted by molar-refractivity contribution is -0.137. The third-order valence-corrected chi connectivity index (χ3v) is 5.27. The van der Waals surface area contributed by atoms with Crippen molar-refractivity contribution in [2.45, 2.75) is 39.7 Å². The quantitative estimate of drug-likeness (QED) is 0.492. The first-order chi connectivity index (χ1) is 14.9. The summed E-state index contributed by atoms with van der Waals surface area (Å²) in [6, 6.07) is 16.9. The van der Waals surface area contributed by atoms with Crippen molar-refractivity contribution in [1.82, 2.24) is 9.80 Å². The van der Waals surface area contributed by atoms with Gasteiger partial charge in [0, 0.05) is 32.7 Å². The van der Waals surface area contributed by atoms with Crippen LogP contribution in [0.5, 0.6) is 0 Å². The zero-order chi connectivity index (χ0) is 22.4. The molecule has 0 aliphatic carbocycles. The second-order valence-electron chi connectivity index (χ2n) is 7.79. The smallest absolute Gasteiger partial charge is 0.277 e. The lowest BCUT2D eigenvalue weighted by Gasteiger charge is -2.21. The van der Waals surface area contributed by atoms with E-state index in [4.69, 9.17) is 0 Å². The highest BCUT2D eigenvalue weighted by Crippen LogP contribution is 2.32. The summed E-state index contributed by atoms with van der Waals surface area (Å²) in [5.41, 5.74) is 3.20. The maximum atomic E-state index is 13.3. The predicted octanol–water partition coefficient (Wildman–Crippen LogP) is 4.05. The number of nitrogens with one attached hydrogen (secondary N) is 1. The molecule has 1 N–H and O–H groups in total. The molecule has 0 radical (unpaired) electrons. The van der Waals surface area contributed by atoms with Gasteiger partial charge < -0.3 is 10.2 Å². The number of nitrogens with zero attached hydrogens (tertiary/aromatic N) is 2. The van der Waals surface area contributed by atoms with Crippen molar-refractivity contribution in [3.8, 4) is 0 Å². The van der Waals surface area contributed by atoms with Crippen LogP contribution in [0.1, 0.15) is 44.2 Å². The number of benzene rings is 2. The van der Waals surface area contributed by atoms with E-state index in [1.807, 2.05) is 42.3 Å². The molecule has 3 rings (SSSR count). The van der Waals surface area contributed by atoms with Crippen molar-refractivity contribution in [2.75, 3.05) is 18.9 Å². The van der Waals surface area contributed by atoms with E-state index in [1.165, 1.54) is 11.8 Å². The first-order valence-corrected chi connectivity index (χ1v) is 10.7. The van der Waals surface area contributed by atoms with Crippen LogP contribution in [-0.4, -0.2) is 41.1 Å². The number of imide groups is 1. The van der Waals surface area contributed by atoms with E-state index in [0.29, 0.717) is 35.6 Å². The maximum absolute atomic E-state index is 13.3. The Morgan fingerprint density at radius 1 is 0.968 bits per heavy atom. The summed E-state index contributed by atoms with van der Waals surface area (Å²) in [6.45, 7) is 4.47. The molecule has 2 aromatic rings. The normalized spacial score (nSPS) is 13.7. The summed E-state index contributed by atoms with van der Waals surface area (Å²) in [7, 11) is 1.84. The molecule has 3 amide bonds. The third kappa shape index (κ3) is 5.20. The first-order valence-electron chi connectivity index (χ1n) is 10.7. The van der Waals surface area contributed by atoms with Gasteiger partial charge in [-0.2, -0.15) is 0 Å². The minimum atomic E-state index is -0.261. The summed E-state index contributed by atoms with van der Waals surface area (Å²) in [5.74, 6) is -0.673. The van der Waals surface area contributed by atoms with E-state index in [-0.39, 0.29) is 17.7 Å². The number of amides is 3. The van der Waals surface area contributed by atoms with Crippen molar-refractivity contribution < 1.29 is 14.4 Å². The average Bonchev–Trinajstić information content (AvgIpc) is 2.99. The standard InChI is InChI=1S/C25H29N3O3/c1-4-5-9-16-28-24(30)22(20-12-14-21(15-13-20)26-18(2)29)23(25(28)31)27(3)17-19-10-7-6-8-11-19/h6-8,10-15H,4-5,9,16-17H2,1-3H3,(H,26,29). The average molecular weight is 420 g/mol. The highest BCUT2D eigenvalue weighted by Gasteiger charge is 2.40. The van der Waals surface area contributed by atoms with Gasteiger partial charge in [-0.1, -0.05) is 62.2 Å². The molecule has 1 aliphatic heterocycles. The molecule has 6 nitrogen and oxygen atoms in total. The molecule has 0 fully saturated rings. The Kier molecular flexibility index (Phi) is 7.23. The number of hydrogen-bond acceptors (Lipinski definition) is 4. The van der Waals surface area contributed by atoms with Gasteiger partial charge in [-0.15, -0.1) is 0 Å². The predicted molar refractivity (Wildman–Crippen MR) is 122 cm³/mol. The molecule has 0 aromatic heterocycles. The monoisotopic (exact) mass is 419 g/mol. The van der Waals surface area contributed by atoms with E-state index in [0.717, 1.165) is 24.8 Å². The molecule has 0 saturated heterocycles. The lowest BCUT2D eigenvalue weighted by atomic mass is 10.0. The van der Waals surface area contributed by atoms with E-state index >= 15 is 0 Å². The Labute approximate surface area is 183 Å². The van der Waals surface area contributed by atoms with Gasteiger partial charge in [-0.25, -0.2) is 0 Å². The molecule has 2 aromatic carbocycles. The number of unbranched alkanes of at least 4 members (excludes halogenated alkanes) is 2. The topological polar surface area (TPSA) is 69.7 Å². The van der Waals surface area contributed by atoms with Gasteiger partial charge in [0.1, 0.15) is 5.70 Å². The lowest BCUT2D eigenvalue weighted by Crippen LogP contribution is -2.34. The maximum Gasteiger partial charge on any atom is 0.277 e. The number of carbonyl (C=O) groups excluding carboxylic acids is 3. The zero-order valence-corrected chi connectivity index (χ0v) is 18.4. The van der Waals surface area contributed by atoms with E-state index in [1.54, 1.807) is 24.3 Å². The van der Waals surface area contributed by atoms with Crippen LogP contribution >= 0.6 is 0 Å². The number of anilines is 1. The molecule has 0 saturated carbocycles. The molecule has 31 heavy (non-hydrogen) atoms. The van der Waals surface area contributed by atoms with Crippen molar-refractivity contribution >= 4 is 29.0 Å². The fraction of sp³-hybridized carbons (Fsp3) is 0.320. The van der Waals surface area contributed by atoms with Crippen LogP contribution in [-0.2, 0) is 20.9 Å². The van der Waals surface area contributed by atoms with Gasteiger partial charge >= 0.3 is 0 Å². The second kappa shape index (κ2) is 10.1. The molecular formula is C25H29N3O3. The molecule has 162 valence electrons. The third-order valence-electron chi connectivity index (χ3n) is 5.27. The molecule has 0 atom stereocenters. The summed E-state index contributed by atoms with van der Waals surface area (Å²) in [4.78, 5) is 41.1. The van der Waals surface area contributed by atoms with Gasteiger partial charge in [0.15, 0.2) is 0 Å². The fourth-order valence-electron chi connectivity index (χ4n) is 3.76. The molecule has 0 spiro atoms. The van der Waals surface area contributed by atoms with E-state index in [9.17, 15) is 14.4 Å². The minimum Gasteiger partial charge on any atom is -0.365 e. The zero-order valence-electron chi connectivity index (χ0n) is 18.4. The molecule has 6 heteroatoms. The van der Waals surface area contributed by atoms with Crippen molar-refractivity contribution in [2.24, 2.45) is 0 Å². The molecule has 0 unspecified atom stereocenters. The highest BCUT2D eigenvalue weighted by atomic mass is 16.2. The Morgan fingerprint density at radius 3 is 2.26 bits per heavy atom. The number of rotatable bonds is 9. The van der Waals surface area contributed by atoms with E-state index < -0.39 is 0 Å². The van der Waals surface area contributed by atoms with Crippen LogP contribution in [0.2, 0.25) is 0 Å². The first kappa shape index (κ1) is 22.3. The van der Waals surface area contributed by atoms with Gasteiger partial charge in [-0.3, -0.25) is 19.3 Å². The van der Waals surface area contributed by atoms with Gasteiger partial charge in [0.25, 0.3) is 11.8 Å². The van der Waals surface area contributed by atoms with Crippen LogP contribution in [0.25, 0.3) is 5.57 Å². The number of carbonyl (C=O) groups is 3. The van der Waals surface area contributed by atoms with Crippen LogP contribution in [0.15, 0.2) is 60.3 Å². The largest absolute Gasteiger partial charge is 0.365 e. The van der Waals surface area contributed by atoms with Crippen molar-refractivity contribution in [1.29, 1.82) is 0 Å². The minimum absolute atomic E-state index is 0.163. The Morgan fingerprint density at radius 2 is 1.65 bits per heavy atom. The van der Waals surface area contributed by atoms with Crippen molar-refractivity contribution in [3.05, 3.63) is 71.4 Å². The van der Waals surface area contributed by atoms with Gasteiger partial charge in [0.05, 0.1) is 5.57 Å². The Bertz CT molecular complexity index is 981. The Hall–Kier alpha value is -3.41. The molecule has 1 heterocycles. The second-order valence-corrected chi connectivity index (χ2v) is 7.79. The summed E-state index contributed by atoms with van der Waals surface area (Å²) < 4.78 is 0. The Balaban J connectivity index is 1.96.